The Morgan fingerprint density at radius 2 is 1.91 bits per heavy atom. The second-order valence-corrected chi connectivity index (χ2v) is 7.46. The van der Waals surface area contributed by atoms with Crippen molar-refractivity contribution in [2.24, 2.45) is 0 Å². The van der Waals surface area contributed by atoms with Gasteiger partial charge in [-0.05, 0) is 38.0 Å². The number of carbonyl (C=O) groups excluding carboxylic acids is 1. The predicted molar refractivity (Wildman–Crippen MR) is 87.1 cm³/mol. The zero-order valence-electron chi connectivity index (χ0n) is 12.8. The van der Waals surface area contributed by atoms with Crippen LogP contribution in [0.15, 0.2) is 53.5 Å². The van der Waals surface area contributed by atoms with Crippen molar-refractivity contribution in [3.63, 3.8) is 0 Å². The number of allylic oxidation sites excluding steroid dienone is 1. The number of benzene rings is 1. The smallest absolute Gasteiger partial charge is 0.243 e. The minimum absolute atomic E-state index is 0.0764. The van der Waals surface area contributed by atoms with Gasteiger partial charge in [-0.3, -0.25) is 4.79 Å². The Bertz CT molecular complexity index is 687. The van der Waals surface area contributed by atoms with E-state index in [-0.39, 0.29) is 23.8 Å². The van der Waals surface area contributed by atoms with Crippen LogP contribution in [0.25, 0.3) is 0 Å². The molecule has 1 aromatic rings. The molecule has 0 N–H and O–H groups in total. The number of rotatable bonds is 6. The van der Waals surface area contributed by atoms with Crippen molar-refractivity contribution in [3.05, 3.63) is 54.1 Å². The lowest BCUT2D eigenvalue weighted by atomic mass is 9.99. The van der Waals surface area contributed by atoms with Crippen LogP contribution in [0.4, 0.5) is 0 Å². The number of hydrogen-bond donors (Lipinski definition) is 0. The molecule has 4 nitrogen and oxygen atoms in total. The SMILES string of the molecule is C=CCN(CC1=CC(=O)CCC1)S(=O)(=O)c1ccc(C)cc1. The number of nitrogens with zero attached hydrogens (tertiary/aromatic N) is 1. The molecular formula is C17H21NO3S. The fourth-order valence-electron chi connectivity index (χ4n) is 2.46. The first-order chi connectivity index (χ1) is 10.4. The number of sulfonamides is 1. The van der Waals surface area contributed by atoms with Crippen LogP contribution in [0.2, 0.25) is 0 Å². The molecule has 118 valence electrons. The summed E-state index contributed by atoms with van der Waals surface area (Å²) in [5, 5.41) is 0. The average Bonchev–Trinajstić information content (AvgIpc) is 2.47. The molecule has 1 aromatic carbocycles. The highest BCUT2D eigenvalue weighted by molar-refractivity contribution is 7.89. The molecule has 0 unspecified atom stereocenters. The van der Waals surface area contributed by atoms with Crippen molar-refractivity contribution in [2.75, 3.05) is 13.1 Å². The van der Waals surface area contributed by atoms with Crippen molar-refractivity contribution in [2.45, 2.75) is 31.1 Å². The van der Waals surface area contributed by atoms with E-state index in [1.54, 1.807) is 36.4 Å². The molecule has 0 saturated heterocycles. The summed E-state index contributed by atoms with van der Waals surface area (Å²) >= 11 is 0. The van der Waals surface area contributed by atoms with Crippen LogP contribution >= 0.6 is 0 Å². The summed E-state index contributed by atoms with van der Waals surface area (Å²) < 4.78 is 26.9. The summed E-state index contributed by atoms with van der Waals surface area (Å²) in [5.74, 6) is 0.0764. The molecule has 0 saturated carbocycles. The summed E-state index contributed by atoms with van der Waals surface area (Å²) in [5.41, 5.74) is 1.88. The van der Waals surface area contributed by atoms with Crippen LogP contribution in [0.3, 0.4) is 0 Å². The van der Waals surface area contributed by atoms with E-state index in [1.165, 1.54) is 4.31 Å². The lowest BCUT2D eigenvalue weighted by Crippen LogP contribution is -2.33. The fourth-order valence-corrected chi connectivity index (χ4v) is 3.88. The second-order valence-electron chi connectivity index (χ2n) is 5.52. The molecule has 2 rings (SSSR count). The van der Waals surface area contributed by atoms with Crippen molar-refractivity contribution in [1.29, 1.82) is 0 Å². The number of carbonyl (C=O) groups is 1. The molecular weight excluding hydrogens is 298 g/mol. The second kappa shape index (κ2) is 7.03. The molecule has 0 aromatic heterocycles. The van der Waals surface area contributed by atoms with E-state index in [1.807, 2.05) is 6.92 Å². The van der Waals surface area contributed by atoms with Crippen LogP contribution in [0.5, 0.6) is 0 Å². The molecule has 0 atom stereocenters. The predicted octanol–water partition coefficient (Wildman–Crippen LogP) is 2.85. The van der Waals surface area contributed by atoms with Crippen molar-refractivity contribution < 1.29 is 13.2 Å². The number of aryl methyl sites for hydroxylation is 1. The number of ketones is 1. The molecule has 1 aliphatic rings. The van der Waals surface area contributed by atoms with Crippen molar-refractivity contribution in [3.8, 4) is 0 Å². The standard InChI is InChI=1S/C17H21NO3S/c1-3-11-18(13-15-5-4-6-16(19)12-15)22(20,21)17-9-7-14(2)8-10-17/h3,7-10,12H,1,4-6,11,13H2,2H3. The molecule has 0 heterocycles. The van der Waals surface area contributed by atoms with Gasteiger partial charge in [0.05, 0.1) is 4.90 Å². The summed E-state index contributed by atoms with van der Waals surface area (Å²) in [7, 11) is -3.59. The van der Waals surface area contributed by atoms with Crippen molar-refractivity contribution in [1.82, 2.24) is 4.31 Å². The van der Waals surface area contributed by atoms with Crippen LogP contribution in [-0.2, 0) is 14.8 Å². The molecule has 0 bridgehead atoms. The monoisotopic (exact) mass is 319 g/mol. The quantitative estimate of drug-likeness (QED) is 0.758. The Labute approximate surface area is 132 Å². The average molecular weight is 319 g/mol. The van der Waals surface area contributed by atoms with Crippen molar-refractivity contribution >= 4 is 15.8 Å². The minimum atomic E-state index is -3.59. The molecule has 0 fully saturated rings. The van der Waals surface area contributed by atoms with E-state index in [9.17, 15) is 13.2 Å². The summed E-state index contributed by atoms with van der Waals surface area (Å²) in [6, 6.07) is 6.78. The highest BCUT2D eigenvalue weighted by atomic mass is 32.2. The Morgan fingerprint density at radius 3 is 2.50 bits per heavy atom. The van der Waals surface area contributed by atoms with Gasteiger partial charge in [0.2, 0.25) is 10.0 Å². The van der Waals surface area contributed by atoms with Crippen LogP contribution in [0.1, 0.15) is 24.8 Å². The van der Waals surface area contributed by atoms with Gasteiger partial charge in [0.15, 0.2) is 5.78 Å². The fraction of sp³-hybridized carbons (Fsp3) is 0.353. The Morgan fingerprint density at radius 1 is 1.23 bits per heavy atom. The van der Waals surface area contributed by atoms with Crippen LogP contribution in [0, 0.1) is 6.92 Å². The van der Waals surface area contributed by atoms with Crippen LogP contribution in [-0.4, -0.2) is 31.6 Å². The highest BCUT2D eigenvalue weighted by Crippen LogP contribution is 2.21. The zero-order valence-corrected chi connectivity index (χ0v) is 13.6. The largest absolute Gasteiger partial charge is 0.295 e. The van der Waals surface area contributed by atoms with E-state index < -0.39 is 10.0 Å². The summed E-state index contributed by atoms with van der Waals surface area (Å²) in [6.45, 7) is 6.02. The molecule has 0 spiro atoms. The highest BCUT2D eigenvalue weighted by Gasteiger charge is 2.25. The Kier molecular flexibility index (Phi) is 5.32. The van der Waals surface area contributed by atoms with E-state index in [0.717, 1.165) is 24.0 Å². The van der Waals surface area contributed by atoms with Gasteiger partial charge in [0.25, 0.3) is 0 Å². The van der Waals surface area contributed by atoms with E-state index in [4.69, 9.17) is 0 Å². The third kappa shape index (κ3) is 3.93. The maximum absolute atomic E-state index is 12.8. The lowest BCUT2D eigenvalue weighted by Gasteiger charge is -2.23. The van der Waals surface area contributed by atoms with Gasteiger partial charge in [0, 0.05) is 19.5 Å². The third-order valence-electron chi connectivity index (χ3n) is 3.66. The molecule has 22 heavy (non-hydrogen) atoms. The number of hydrogen-bond acceptors (Lipinski definition) is 3. The molecule has 0 aliphatic heterocycles. The minimum Gasteiger partial charge on any atom is -0.295 e. The molecule has 5 heteroatoms. The topological polar surface area (TPSA) is 54.5 Å². The maximum Gasteiger partial charge on any atom is 0.243 e. The Balaban J connectivity index is 2.28. The van der Waals surface area contributed by atoms with Gasteiger partial charge in [-0.2, -0.15) is 4.31 Å². The van der Waals surface area contributed by atoms with E-state index in [0.29, 0.717) is 6.42 Å². The first-order valence-corrected chi connectivity index (χ1v) is 8.77. The Hall–Kier alpha value is -1.72. The summed E-state index contributed by atoms with van der Waals surface area (Å²) in [4.78, 5) is 11.8. The molecule has 0 radical (unpaired) electrons. The van der Waals surface area contributed by atoms with Crippen LogP contribution < -0.4 is 0 Å². The van der Waals surface area contributed by atoms with E-state index >= 15 is 0 Å². The zero-order chi connectivity index (χ0) is 16.2. The van der Waals surface area contributed by atoms with Gasteiger partial charge < -0.3 is 0 Å². The van der Waals surface area contributed by atoms with Gasteiger partial charge in [-0.1, -0.05) is 29.3 Å². The van der Waals surface area contributed by atoms with Gasteiger partial charge >= 0.3 is 0 Å². The van der Waals surface area contributed by atoms with Gasteiger partial charge in [0.1, 0.15) is 0 Å². The normalized spacial score (nSPS) is 15.7. The third-order valence-corrected chi connectivity index (χ3v) is 5.48. The summed E-state index contributed by atoms with van der Waals surface area (Å²) in [6.07, 6.45) is 5.26. The van der Waals surface area contributed by atoms with Gasteiger partial charge in [-0.25, -0.2) is 8.42 Å². The molecule has 0 amide bonds. The lowest BCUT2D eigenvalue weighted by molar-refractivity contribution is -0.115. The van der Waals surface area contributed by atoms with Gasteiger partial charge in [-0.15, -0.1) is 6.58 Å². The molecule has 1 aliphatic carbocycles. The maximum atomic E-state index is 12.8. The first kappa shape index (κ1) is 16.6. The first-order valence-electron chi connectivity index (χ1n) is 7.33. The van der Waals surface area contributed by atoms with E-state index in [2.05, 4.69) is 6.58 Å².